The minimum Gasteiger partial charge on any atom is -0.481 e. The van der Waals surface area contributed by atoms with E-state index in [0.29, 0.717) is 31.4 Å². The van der Waals surface area contributed by atoms with E-state index in [4.69, 9.17) is 10.8 Å². The number of carbonyl (C=O) groups excluding carboxylic acids is 6. The highest BCUT2D eigenvalue weighted by molar-refractivity contribution is 5.90. The summed E-state index contributed by atoms with van der Waals surface area (Å²) < 4.78 is 0. The maximum atomic E-state index is 12.7. The molecule has 0 bridgehead atoms. The van der Waals surface area contributed by atoms with Gasteiger partial charge in [-0.1, -0.05) is 83.5 Å². The number of nitrogens with two attached hydrogens (primary N) is 1. The van der Waals surface area contributed by atoms with Crippen molar-refractivity contribution in [1.82, 2.24) is 25.9 Å². The summed E-state index contributed by atoms with van der Waals surface area (Å²) in [5, 5.41) is 45.0. The van der Waals surface area contributed by atoms with E-state index in [1.807, 2.05) is 0 Å². The number of aromatic nitrogens is 2. The molecular weight excluding hydrogens is 885 g/mol. The number of carboxylic acids is 4. The number of amides is 3. The van der Waals surface area contributed by atoms with Gasteiger partial charge in [0.05, 0.1) is 18.3 Å². The van der Waals surface area contributed by atoms with Crippen molar-refractivity contribution in [2.45, 2.75) is 205 Å². The lowest BCUT2D eigenvalue weighted by Gasteiger charge is -2.17. The van der Waals surface area contributed by atoms with Gasteiger partial charge in [0.25, 0.3) is 0 Å². The van der Waals surface area contributed by atoms with Crippen molar-refractivity contribution in [3.8, 4) is 0 Å². The zero-order valence-electron chi connectivity index (χ0n) is 39.9. The summed E-state index contributed by atoms with van der Waals surface area (Å²) in [6.07, 6.45) is 17.1. The van der Waals surface area contributed by atoms with Gasteiger partial charge in [-0.3, -0.25) is 38.4 Å². The lowest BCUT2D eigenvalue weighted by Crippen LogP contribution is -2.42. The molecule has 10 N–H and O–H groups in total. The number of Topliss-reactive ketones (excluding diaryl/α,β-unsaturated/α-hetero) is 3. The Morgan fingerprint density at radius 2 is 1.06 bits per heavy atom. The number of unbranched alkanes of at least 4 members (excludes halogenated alkanes) is 14. The molecular formula is C48H78N6O14. The molecule has 0 spiro atoms. The first kappa shape index (κ1) is 60.5. The molecule has 0 aromatic carbocycles. The Morgan fingerprint density at radius 1 is 0.559 bits per heavy atom. The van der Waals surface area contributed by atoms with Crippen molar-refractivity contribution in [1.29, 1.82) is 0 Å². The summed E-state index contributed by atoms with van der Waals surface area (Å²) in [6, 6.07) is -3.57. The van der Waals surface area contributed by atoms with E-state index in [0.717, 1.165) is 57.8 Å². The van der Waals surface area contributed by atoms with Crippen LogP contribution in [0.25, 0.3) is 0 Å². The largest absolute Gasteiger partial charge is 0.481 e. The number of rotatable bonds is 44. The van der Waals surface area contributed by atoms with Gasteiger partial charge < -0.3 is 47.1 Å². The average molecular weight is 963 g/mol. The standard InChI is InChI=1S/C48H78N6O14/c1-33(55)34(29-41(57)38(49)30-36-31-50-32-52-36)18-16-17-27-51-42(58)26-24-40(48(67)68)54-44(60)25-21-35(46(63)64)28-37(56)22-23-39(47(65)66)53-43(59)19-14-12-10-8-6-4-2-3-5-7-9-11-13-15-20-45(61)62/h31-32,34-35,38-40H,2-30,49H2,1H3,(H,50,52)(H,51,58)(H,53,59)(H,54,60)(H,61,62)(H,63,64)(H,65,66)(H,67,68)/t34-,35-,38+,39+,40+/m1/s1. The van der Waals surface area contributed by atoms with Crippen LogP contribution in [0.4, 0.5) is 0 Å². The molecule has 20 nitrogen and oxygen atoms in total. The fraction of sp³-hybridized carbons (Fsp3) is 0.729. The number of carboxylic acid groups (broad SMARTS) is 4. The van der Waals surface area contributed by atoms with Gasteiger partial charge in [0.2, 0.25) is 17.7 Å². The van der Waals surface area contributed by atoms with Crippen LogP contribution in [0.1, 0.15) is 186 Å². The maximum Gasteiger partial charge on any atom is 0.326 e. The topological polar surface area (TPSA) is 342 Å². The lowest BCUT2D eigenvalue weighted by atomic mass is 9.90. The maximum absolute atomic E-state index is 12.7. The number of nitrogens with one attached hydrogen (secondary N) is 4. The number of H-pyrrole nitrogens is 1. The van der Waals surface area contributed by atoms with Crippen LogP contribution in [-0.4, -0.2) is 114 Å². The molecule has 1 aromatic rings. The monoisotopic (exact) mass is 963 g/mol. The molecule has 1 heterocycles. The Labute approximate surface area is 399 Å². The summed E-state index contributed by atoms with van der Waals surface area (Å²) in [5.74, 6) is -9.36. The van der Waals surface area contributed by atoms with E-state index in [1.165, 1.54) is 38.9 Å². The van der Waals surface area contributed by atoms with Crippen molar-refractivity contribution >= 4 is 58.9 Å². The highest BCUT2D eigenvalue weighted by Crippen LogP contribution is 2.18. The van der Waals surface area contributed by atoms with E-state index < -0.39 is 90.2 Å². The Bertz CT molecular complexity index is 1720. The van der Waals surface area contributed by atoms with Crippen LogP contribution >= 0.6 is 0 Å². The van der Waals surface area contributed by atoms with Gasteiger partial charge in [0.1, 0.15) is 23.7 Å². The molecule has 3 amide bonds. The zero-order chi connectivity index (χ0) is 50.7. The number of carbonyl (C=O) groups is 10. The molecule has 1 rings (SSSR count). The van der Waals surface area contributed by atoms with Crippen molar-refractivity contribution in [2.75, 3.05) is 6.54 Å². The molecule has 384 valence electrons. The van der Waals surface area contributed by atoms with Crippen molar-refractivity contribution < 1.29 is 68.4 Å². The van der Waals surface area contributed by atoms with Gasteiger partial charge in [0.15, 0.2) is 5.78 Å². The van der Waals surface area contributed by atoms with Gasteiger partial charge in [-0.15, -0.1) is 0 Å². The highest BCUT2D eigenvalue weighted by Gasteiger charge is 2.27. The summed E-state index contributed by atoms with van der Waals surface area (Å²) in [6.45, 7) is 1.64. The highest BCUT2D eigenvalue weighted by atomic mass is 16.4. The predicted octanol–water partition coefficient (Wildman–Crippen LogP) is 5.20. The molecule has 0 aliphatic heterocycles. The second kappa shape index (κ2) is 36.5. The van der Waals surface area contributed by atoms with Gasteiger partial charge in [-0.2, -0.15) is 0 Å². The van der Waals surface area contributed by atoms with Crippen LogP contribution in [0, 0.1) is 11.8 Å². The SMILES string of the molecule is CC(=O)[C@H](CCCCNC(=O)CC[C@H](NC(=O)CC[C@H](CC(=O)CC[C@H](NC(=O)CCCCCCCCCCCCCCCCC(=O)O)C(=O)O)C(=O)O)C(=O)O)CC(=O)[C@@H](N)Cc1cnc[nH]1. The number of aromatic amines is 1. The van der Waals surface area contributed by atoms with Crippen LogP contribution in [0.15, 0.2) is 12.5 Å². The normalized spacial score (nSPS) is 13.3. The third-order valence-corrected chi connectivity index (χ3v) is 12.0. The fourth-order valence-corrected chi connectivity index (χ4v) is 7.73. The number of nitrogens with zero attached hydrogens (tertiary/aromatic N) is 1. The first-order valence-corrected chi connectivity index (χ1v) is 24.4. The number of imidazole rings is 1. The molecule has 5 atom stereocenters. The molecule has 0 unspecified atom stereocenters. The smallest absolute Gasteiger partial charge is 0.326 e. The molecule has 0 saturated heterocycles. The average Bonchev–Trinajstić information content (AvgIpc) is 3.79. The number of ketones is 3. The molecule has 20 heteroatoms. The van der Waals surface area contributed by atoms with Crippen LogP contribution in [-0.2, 0) is 54.4 Å². The summed E-state index contributed by atoms with van der Waals surface area (Å²) in [5.41, 5.74) is 6.72. The summed E-state index contributed by atoms with van der Waals surface area (Å²) >= 11 is 0. The van der Waals surface area contributed by atoms with Crippen LogP contribution in [0.5, 0.6) is 0 Å². The Kier molecular flexibility index (Phi) is 32.5. The minimum absolute atomic E-state index is 0.000760. The molecule has 68 heavy (non-hydrogen) atoms. The Balaban J connectivity index is 2.31. The molecule has 0 aliphatic rings. The third kappa shape index (κ3) is 30.7. The van der Waals surface area contributed by atoms with Crippen molar-refractivity contribution in [3.05, 3.63) is 18.2 Å². The number of hydrogen-bond donors (Lipinski definition) is 9. The first-order valence-electron chi connectivity index (χ1n) is 24.4. The Hall–Kier alpha value is -5.53. The van der Waals surface area contributed by atoms with Gasteiger partial charge >= 0.3 is 23.9 Å². The van der Waals surface area contributed by atoms with E-state index in [9.17, 15) is 63.3 Å². The lowest BCUT2D eigenvalue weighted by molar-refractivity contribution is -0.145. The molecule has 0 aliphatic carbocycles. The molecule has 0 saturated carbocycles. The van der Waals surface area contributed by atoms with Gasteiger partial charge in [0, 0.05) is 75.7 Å². The quantitative estimate of drug-likeness (QED) is 0.0380. The van der Waals surface area contributed by atoms with Crippen LogP contribution in [0.3, 0.4) is 0 Å². The van der Waals surface area contributed by atoms with Crippen molar-refractivity contribution in [3.63, 3.8) is 0 Å². The van der Waals surface area contributed by atoms with E-state index in [2.05, 4.69) is 25.9 Å². The molecule has 0 fully saturated rings. The summed E-state index contributed by atoms with van der Waals surface area (Å²) in [4.78, 5) is 128. The zero-order valence-corrected chi connectivity index (χ0v) is 39.9. The molecule has 1 aromatic heterocycles. The van der Waals surface area contributed by atoms with E-state index in [1.54, 1.807) is 6.20 Å². The first-order chi connectivity index (χ1) is 32.4. The van der Waals surface area contributed by atoms with Gasteiger partial charge in [-0.05, 0) is 51.9 Å². The van der Waals surface area contributed by atoms with Crippen molar-refractivity contribution in [2.24, 2.45) is 17.6 Å². The predicted molar refractivity (Wildman–Crippen MR) is 250 cm³/mol. The fourth-order valence-electron chi connectivity index (χ4n) is 7.73. The van der Waals surface area contributed by atoms with E-state index in [-0.39, 0.29) is 75.9 Å². The third-order valence-electron chi connectivity index (χ3n) is 12.0. The summed E-state index contributed by atoms with van der Waals surface area (Å²) in [7, 11) is 0. The second-order valence-corrected chi connectivity index (χ2v) is 17.9. The minimum atomic E-state index is -1.45. The number of aliphatic carboxylic acids is 4. The van der Waals surface area contributed by atoms with Crippen LogP contribution < -0.4 is 21.7 Å². The second-order valence-electron chi connectivity index (χ2n) is 17.9. The van der Waals surface area contributed by atoms with E-state index >= 15 is 0 Å². The molecule has 0 radical (unpaired) electrons. The Morgan fingerprint density at radius 3 is 1.54 bits per heavy atom. The van der Waals surface area contributed by atoms with Crippen LogP contribution in [0.2, 0.25) is 0 Å². The number of hydrogen-bond acceptors (Lipinski definition) is 12. The van der Waals surface area contributed by atoms with Gasteiger partial charge in [-0.25, -0.2) is 14.6 Å².